The lowest BCUT2D eigenvalue weighted by molar-refractivity contribution is 0.112. The van der Waals surface area contributed by atoms with Crippen molar-refractivity contribution in [1.29, 1.82) is 0 Å². The van der Waals surface area contributed by atoms with Gasteiger partial charge in [-0.05, 0) is 22.0 Å². The minimum atomic E-state index is 0.510. The second-order valence-corrected chi connectivity index (χ2v) is 2.72. The molecule has 0 amide bonds. The van der Waals surface area contributed by atoms with E-state index in [-0.39, 0.29) is 0 Å². The number of nitrogens with one attached hydrogen (secondary N) is 1. The molecule has 0 aromatic carbocycles. The lowest BCUT2D eigenvalue weighted by Crippen LogP contribution is -2.09. The number of nitrogens with zero attached hydrogens (tertiary/aromatic N) is 1. The number of aldehydes is 1. The summed E-state index contributed by atoms with van der Waals surface area (Å²) in [6, 6.07) is 1.63. The number of hydrogen-bond acceptors (Lipinski definition) is 4. The molecular weight excluding hydrogens is 210 g/mol. The van der Waals surface area contributed by atoms with Crippen LogP contribution >= 0.6 is 15.9 Å². The van der Waals surface area contributed by atoms with Crippen LogP contribution in [0.5, 0.6) is 0 Å². The first-order valence-corrected chi connectivity index (χ1v) is 3.64. The third-order valence-electron chi connectivity index (χ3n) is 1.14. The van der Waals surface area contributed by atoms with Crippen molar-refractivity contribution < 1.29 is 4.79 Å². The molecule has 3 N–H and O–H groups in total. The van der Waals surface area contributed by atoms with Crippen molar-refractivity contribution in [2.75, 3.05) is 5.43 Å². The molecule has 0 saturated carbocycles. The molecule has 1 rings (SSSR count). The maximum atomic E-state index is 10.2. The van der Waals surface area contributed by atoms with E-state index in [1.165, 1.54) is 6.20 Å². The van der Waals surface area contributed by atoms with Gasteiger partial charge >= 0.3 is 0 Å². The van der Waals surface area contributed by atoms with Crippen LogP contribution in [0.3, 0.4) is 0 Å². The molecule has 0 radical (unpaired) electrons. The quantitative estimate of drug-likeness (QED) is 0.438. The maximum Gasteiger partial charge on any atom is 0.154 e. The number of carbonyl (C=O) groups excluding carboxylic acids is 1. The minimum absolute atomic E-state index is 0.510. The van der Waals surface area contributed by atoms with E-state index in [2.05, 4.69) is 26.3 Å². The zero-order valence-corrected chi connectivity index (χ0v) is 7.13. The van der Waals surface area contributed by atoms with Crippen LogP contribution in [0.25, 0.3) is 0 Å². The van der Waals surface area contributed by atoms with Crippen molar-refractivity contribution in [1.82, 2.24) is 4.98 Å². The highest BCUT2D eigenvalue weighted by Crippen LogP contribution is 2.18. The SMILES string of the molecule is NNc1ncc(C=O)cc1Br. The molecule has 0 atom stereocenters. The van der Waals surface area contributed by atoms with Gasteiger partial charge in [0.25, 0.3) is 0 Å². The highest BCUT2D eigenvalue weighted by atomic mass is 79.9. The number of aromatic nitrogens is 1. The summed E-state index contributed by atoms with van der Waals surface area (Å²) < 4.78 is 0.671. The molecule has 0 aliphatic rings. The molecule has 0 saturated heterocycles. The molecule has 58 valence electrons. The van der Waals surface area contributed by atoms with Gasteiger partial charge in [-0.1, -0.05) is 0 Å². The molecule has 0 bridgehead atoms. The van der Waals surface area contributed by atoms with Crippen molar-refractivity contribution in [2.45, 2.75) is 0 Å². The average Bonchev–Trinajstić information content (AvgIpc) is 2.04. The summed E-state index contributed by atoms with van der Waals surface area (Å²) in [6.07, 6.45) is 2.16. The number of pyridine rings is 1. The zero-order chi connectivity index (χ0) is 8.27. The van der Waals surface area contributed by atoms with E-state index in [0.29, 0.717) is 15.9 Å². The third kappa shape index (κ3) is 1.75. The van der Waals surface area contributed by atoms with Crippen molar-refractivity contribution in [3.05, 3.63) is 22.3 Å². The summed E-state index contributed by atoms with van der Waals surface area (Å²) in [5.74, 6) is 5.62. The highest BCUT2D eigenvalue weighted by molar-refractivity contribution is 9.10. The lowest BCUT2D eigenvalue weighted by atomic mass is 10.3. The van der Waals surface area contributed by atoms with Gasteiger partial charge in [0.1, 0.15) is 0 Å². The van der Waals surface area contributed by atoms with Gasteiger partial charge in [-0.15, -0.1) is 0 Å². The Hall–Kier alpha value is -0.940. The van der Waals surface area contributed by atoms with Crippen molar-refractivity contribution in [3.8, 4) is 0 Å². The molecular formula is C6H6BrN3O. The van der Waals surface area contributed by atoms with Gasteiger partial charge in [-0.25, -0.2) is 10.8 Å². The topological polar surface area (TPSA) is 68.0 Å². The van der Waals surface area contributed by atoms with Gasteiger partial charge in [0.2, 0.25) is 0 Å². The Morgan fingerprint density at radius 1 is 1.73 bits per heavy atom. The predicted molar refractivity (Wildman–Crippen MR) is 45.1 cm³/mol. The molecule has 0 aliphatic carbocycles. The number of carbonyl (C=O) groups is 1. The van der Waals surface area contributed by atoms with Crippen LogP contribution in [0.15, 0.2) is 16.7 Å². The smallest absolute Gasteiger partial charge is 0.154 e. The molecule has 0 spiro atoms. The van der Waals surface area contributed by atoms with E-state index in [1.807, 2.05) is 0 Å². The summed E-state index contributed by atoms with van der Waals surface area (Å²) in [7, 11) is 0. The standard InChI is InChI=1S/C6H6BrN3O/c7-5-1-4(3-11)2-9-6(5)10-8/h1-3H,8H2,(H,9,10). The normalized spacial score (nSPS) is 9.27. The summed E-state index contributed by atoms with van der Waals surface area (Å²) >= 11 is 3.18. The molecule has 4 nitrogen and oxygen atoms in total. The van der Waals surface area contributed by atoms with Crippen LogP contribution in [0.1, 0.15) is 10.4 Å². The van der Waals surface area contributed by atoms with E-state index >= 15 is 0 Å². The lowest BCUT2D eigenvalue weighted by Gasteiger charge is -2.00. The summed E-state index contributed by atoms with van der Waals surface area (Å²) in [4.78, 5) is 14.1. The molecule has 1 aromatic heterocycles. The van der Waals surface area contributed by atoms with E-state index < -0.39 is 0 Å². The molecule has 1 aromatic rings. The van der Waals surface area contributed by atoms with Crippen molar-refractivity contribution in [2.24, 2.45) is 5.84 Å². The Morgan fingerprint density at radius 2 is 2.45 bits per heavy atom. The van der Waals surface area contributed by atoms with Crippen LogP contribution in [0.4, 0.5) is 5.82 Å². The van der Waals surface area contributed by atoms with Crippen molar-refractivity contribution in [3.63, 3.8) is 0 Å². The largest absolute Gasteiger partial charge is 0.308 e. The fourth-order valence-corrected chi connectivity index (χ4v) is 1.10. The van der Waals surface area contributed by atoms with Crippen molar-refractivity contribution >= 4 is 28.0 Å². The Labute approximate surface area is 71.9 Å². The Kier molecular flexibility index (Phi) is 2.56. The van der Waals surface area contributed by atoms with Gasteiger partial charge < -0.3 is 5.43 Å². The second-order valence-electron chi connectivity index (χ2n) is 1.86. The second kappa shape index (κ2) is 3.45. The first-order chi connectivity index (χ1) is 5.27. The molecule has 11 heavy (non-hydrogen) atoms. The Bertz CT molecular complexity index is 277. The molecule has 0 unspecified atom stereocenters. The van der Waals surface area contributed by atoms with Crippen LogP contribution < -0.4 is 11.3 Å². The number of halogens is 1. The number of rotatable bonds is 2. The number of hydrazine groups is 1. The van der Waals surface area contributed by atoms with Crippen LogP contribution in [-0.2, 0) is 0 Å². The van der Waals surface area contributed by atoms with E-state index in [0.717, 1.165) is 6.29 Å². The monoisotopic (exact) mass is 215 g/mol. The van der Waals surface area contributed by atoms with E-state index in [1.54, 1.807) is 6.07 Å². The van der Waals surface area contributed by atoms with Crippen LogP contribution in [-0.4, -0.2) is 11.3 Å². The first-order valence-electron chi connectivity index (χ1n) is 2.85. The zero-order valence-electron chi connectivity index (χ0n) is 5.54. The summed E-state index contributed by atoms with van der Waals surface area (Å²) in [5, 5.41) is 0. The van der Waals surface area contributed by atoms with Crippen LogP contribution in [0, 0.1) is 0 Å². The Morgan fingerprint density at radius 3 is 2.91 bits per heavy atom. The van der Waals surface area contributed by atoms with Gasteiger partial charge in [0.05, 0.1) is 4.47 Å². The predicted octanol–water partition coefficient (Wildman–Crippen LogP) is 0.942. The number of nitrogens with two attached hydrogens (primary N) is 1. The van der Waals surface area contributed by atoms with Gasteiger partial charge in [-0.2, -0.15) is 0 Å². The molecule has 1 heterocycles. The molecule has 0 fully saturated rings. The minimum Gasteiger partial charge on any atom is -0.308 e. The summed E-state index contributed by atoms with van der Waals surface area (Å²) in [5.41, 5.74) is 2.88. The number of nitrogen functional groups attached to an aromatic ring is 1. The van der Waals surface area contributed by atoms with E-state index in [4.69, 9.17) is 5.84 Å². The third-order valence-corrected chi connectivity index (χ3v) is 1.74. The van der Waals surface area contributed by atoms with Gasteiger partial charge in [0, 0.05) is 11.8 Å². The number of hydrogen-bond donors (Lipinski definition) is 2. The number of anilines is 1. The molecule has 5 heteroatoms. The highest BCUT2D eigenvalue weighted by Gasteiger charge is 1.99. The summed E-state index contributed by atoms with van der Waals surface area (Å²) in [6.45, 7) is 0. The fourth-order valence-electron chi connectivity index (χ4n) is 0.623. The van der Waals surface area contributed by atoms with E-state index in [9.17, 15) is 4.79 Å². The van der Waals surface area contributed by atoms with Crippen LogP contribution in [0.2, 0.25) is 0 Å². The fraction of sp³-hybridized carbons (Fsp3) is 0. The van der Waals surface area contributed by atoms with Gasteiger partial charge in [0.15, 0.2) is 12.1 Å². The maximum absolute atomic E-state index is 10.2. The molecule has 0 aliphatic heterocycles. The first kappa shape index (κ1) is 8.16. The van der Waals surface area contributed by atoms with Gasteiger partial charge in [-0.3, -0.25) is 4.79 Å². The average molecular weight is 216 g/mol. The Balaban J connectivity index is 3.09.